The lowest BCUT2D eigenvalue weighted by atomic mass is 10.2. The van der Waals surface area contributed by atoms with Gasteiger partial charge in [0, 0.05) is 30.9 Å². The Morgan fingerprint density at radius 3 is 2.54 bits per heavy atom. The number of morpholine rings is 1. The number of amidine groups is 1. The molecule has 1 fully saturated rings. The summed E-state index contributed by atoms with van der Waals surface area (Å²) in [4.78, 5) is 6.28. The first-order valence-electron chi connectivity index (χ1n) is 8.08. The van der Waals surface area contributed by atoms with Gasteiger partial charge in [0.25, 0.3) is 0 Å². The molecule has 0 spiro atoms. The minimum atomic E-state index is 0.502. The van der Waals surface area contributed by atoms with Gasteiger partial charge in [-0.25, -0.2) is 4.98 Å². The molecule has 1 aromatic heterocycles. The van der Waals surface area contributed by atoms with Gasteiger partial charge in [-0.2, -0.15) is 0 Å². The largest absolute Gasteiger partial charge is 0.439 e. The van der Waals surface area contributed by atoms with Crippen molar-refractivity contribution >= 4 is 5.84 Å². The molecule has 1 aromatic carbocycles. The van der Waals surface area contributed by atoms with E-state index in [0.29, 0.717) is 38.0 Å². The Morgan fingerprint density at radius 2 is 1.96 bits per heavy atom. The summed E-state index contributed by atoms with van der Waals surface area (Å²) in [6.07, 6.45) is 2.65. The lowest BCUT2D eigenvalue weighted by Gasteiger charge is -2.28. The molecule has 3 rings (SSSR count). The Balaban J connectivity index is 1.69. The Hall–Kier alpha value is -2.60. The van der Waals surface area contributed by atoms with Crippen molar-refractivity contribution in [2.75, 3.05) is 26.3 Å². The summed E-state index contributed by atoms with van der Waals surface area (Å²) < 4.78 is 11.1. The van der Waals surface area contributed by atoms with Gasteiger partial charge in [-0.1, -0.05) is 24.2 Å². The molecule has 2 aromatic rings. The van der Waals surface area contributed by atoms with Crippen LogP contribution in [-0.4, -0.2) is 47.2 Å². The highest BCUT2D eigenvalue weighted by Crippen LogP contribution is 2.20. The molecule has 126 valence electrons. The predicted molar refractivity (Wildman–Crippen MR) is 90.8 cm³/mol. The lowest BCUT2D eigenvalue weighted by Crippen LogP contribution is -2.41. The lowest BCUT2D eigenvalue weighted by molar-refractivity contribution is 0.0668. The fourth-order valence-corrected chi connectivity index (χ4v) is 2.57. The van der Waals surface area contributed by atoms with Crippen molar-refractivity contribution < 1.29 is 14.7 Å². The number of rotatable bonds is 4. The summed E-state index contributed by atoms with van der Waals surface area (Å²) >= 11 is 0. The van der Waals surface area contributed by atoms with E-state index in [0.717, 1.165) is 17.7 Å². The fourth-order valence-electron chi connectivity index (χ4n) is 2.57. The molecule has 0 radical (unpaired) electrons. The number of aromatic nitrogens is 1. The average molecular weight is 327 g/mol. The Kier molecular flexibility index (Phi) is 5.28. The van der Waals surface area contributed by atoms with E-state index in [-0.39, 0.29) is 0 Å². The summed E-state index contributed by atoms with van der Waals surface area (Å²) in [6, 6.07) is 11.6. The average Bonchev–Trinajstić information content (AvgIpc) is 2.65. The molecule has 2 heterocycles. The molecule has 0 unspecified atom stereocenters. The molecule has 1 N–H and O–H groups in total. The predicted octanol–water partition coefficient (Wildman–Crippen LogP) is 2.90. The van der Waals surface area contributed by atoms with Gasteiger partial charge in [-0.15, -0.1) is 0 Å². The van der Waals surface area contributed by atoms with Gasteiger partial charge < -0.3 is 19.6 Å². The molecule has 0 amide bonds. The number of oxime groups is 1. The van der Waals surface area contributed by atoms with Crippen LogP contribution in [-0.2, 0) is 11.2 Å². The second-order valence-corrected chi connectivity index (χ2v) is 5.51. The highest BCUT2D eigenvalue weighted by Gasteiger charge is 2.17. The van der Waals surface area contributed by atoms with Crippen molar-refractivity contribution in [2.45, 2.75) is 13.3 Å². The number of ether oxygens (including phenoxy) is 2. The molecule has 24 heavy (non-hydrogen) atoms. The number of hydrogen-bond acceptors (Lipinski definition) is 5. The smallest absolute Gasteiger partial charge is 0.219 e. The molecule has 1 aliphatic heterocycles. The monoisotopic (exact) mass is 327 g/mol. The third-order valence-corrected chi connectivity index (χ3v) is 3.95. The van der Waals surface area contributed by atoms with Crippen LogP contribution in [0.25, 0.3) is 0 Å². The van der Waals surface area contributed by atoms with Crippen LogP contribution in [0.3, 0.4) is 0 Å². The topological polar surface area (TPSA) is 67.2 Å². The van der Waals surface area contributed by atoms with E-state index >= 15 is 0 Å². The maximum Gasteiger partial charge on any atom is 0.219 e. The van der Waals surface area contributed by atoms with Crippen LogP contribution in [0.4, 0.5) is 0 Å². The van der Waals surface area contributed by atoms with Gasteiger partial charge in [-0.05, 0) is 30.2 Å². The van der Waals surface area contributed by atoms with E-state index in [1.54, 1.807) is 12.3 Å². The molecule has 6 heteroatoms. The van der Waals surface area contributed by atoms with Crippen molar-refractivity contribution in [1.29, 1.82) is 0 Å². The maximum atomic E-state index is 9.33. The van der Waals surface area contributed by atoms with Crippen LogP contribution >= 0.6 is 0 Å². The summed E-state index contributed by atoms with van der Waals surface area (Å²) in [5.41, 5.74) is 2.01. The van der Waals surface area contributed by atoms with Crippen LogP contribution in [0.1, 0.15) is 18.1 Å². The summed E-state index contributed by atoms with van der Waals surface area (Å²) in [7, 11) is 0. The number of benzene rings is 1. The van der Waals surface area contributed by atoms with E-state index in [2.05, 4.69) is 17.1 Å². The first kappa shape index (κ1) is 16.3. The van der Waals surface area contributed by atoms with Crippen LogP contribution in [0.5, 0.6) is 11.6 Å². The summed E-state index contributed by atoms with van der Waals surface area (Å²) in [5, 5.41) is 12.8. The second-order valence-electron chi connectivity index (χ2n) is 5.51. The number of nitrogens with zero attached hydrogens (tertiary/aromatic N) is 3. The first-order chi connectivity index (χ1) is 11.8. The van der Waals surface area contributed by atoms with Crippen molar-refractivity contribution in [1.82, 2.24) is 9.88 Å². The quantitative estimate of drug-likeness (QED) is 0.405. The minimum Gasteiger partial charge on any atom is -0.439 e. The standard InChI is InChI=1S/C18H21N3O3/c1-2-14-3-6-16(7-4-14)24-17-8-5-15(13-19-17)18(20-22)21-9-11-23-12-10-21/h3-8,13,22H,2,9-12H2,1H3/b20-18-. The number of hydrogen-bond donors (Lipinski definition) is 1. The maximum absolute atomic E-state index is 9.33. The minimum absolute atomic E-state index is 0.502. The van der Waals surface area contributed by atoms with Crippen LogP contribution < -0.4 is 4.74 Å². The zero-order valence-electron chi connectivity index (χ0n) is 13.7. The zero-order valence-corrected chi connectivity index (χ0v) is 13.7. The third-order valence-electron chi connectivity index (χ3n) is 3.95. The van der Waals surface area contributed by atoms with Gasteiger partial charge in [0.05, 0.1) is 13.2 Å². The molecule has 1 saturated heterocycles. The second kappa shape index (κ2) is 7.79. The molecule has 0 bridgehead atoms. The molecular weight excluding hydrogens is 306 g/mol. The van der Waals surface area contributed by atoms with Crippen molar-refractivity contribution in [3.05, 3.63) is 53.7 Å². The van der Waals surface area contributed by atoms with E-state index in [1.807, 2.05) is 35.2 Å². The molecular formula is C18H21N3O3. The van der Waals surface area contributed by atoms with Gasteiger partial charge in [0.1, 0.15) is 5.75 Å². The summed E-state index contributed by atoms with van der Waals surface area (Å²) in [5.74, 6) is 1.75. The third kappa shape index (κ3) is 3.83. The number of pyridine rings is 1. The SMILES string of the molecule is CCc1ccc(Oc2ccc(/C(=N/O)N3CCOCC3)cn2)cc1. The van der Waals surface area contributed by atoms with Crippen molar-refractivity contribution in [3.63, 3.8) is 0 Å². The zero-order chi connectivity index (χ0) is 16.8. The Bertz CT molecular complexity index is 678. The first-order valence-corrected chi connectivity index (χ1v) is 8.08. The Morgan fingerprint density at radius 1 is 1.21 bits per heavy atom. The molecule has 1 aliphatic rings. The van der Waals surface area contributed by atoms with E-state index in [1.165, 1.54) is 5.56 Å². The molecule has 6 nitrogen and oxygen atoms in total. The van der Waals surface area contributed by atoms with Crippen molar-refractivity contribution in [3.8, 4) is 11.6 Å². The normalized spacial score (nSPS) is 15.4. The van der Waals surface area contributed by atoms with Gasteiger partial charge in [0.2, 0.25) is 5.88 Å². The highest BCUT2D eigenvalue weighted by atomic mass is 16.5. The van der Waals surface area contributed by atoms with Crippen LogP contribution in [0.2, 0.25) is 0 Å². The number of aryl methyl sites for hydroxylation is 1. The Labute approximate surface area is 141 Å². The highest BCUT2D eigenvalue weighted by molar-refractivity contribution is 5.98. The van der Waals surface area contributed by atoms with Crippen molar-refractivity contribution in [2.24, 2.45) is 5.16 Å². The van der Waals surface area contributed by atoms with Gasteiger partial charge >= 0.3 is 0 Å². The van der Waals surface area contributed by atoms with E-state index in [9.17, 15) is 5.21 Å². The van der Waals surface area contributed by atoms with Crippen LogP contribution in [0.15, 0.2) is 47.8 Å². The summed E-state index contributed by atoms with van der Waals surface area (Å²) in [6.45, 7) is 4.76. The van der Waals surface area contributed by atoms with Crippen LogP contribution in [0, 0.1) is 0 Å². The van der Waals surface area contributed by atoms with E-state index < -0.39 is 0 Å². The van der Waals surface area contributed by atoms with Gasteiger partial charge in [0.15, 0.2) is 5.84 Å². The molecule has 0 atom stereocenters. The van der Waals surface area contributed by atoms with Gasteiger partial charge in [-0.3, -0.25) is 0 Å². The molecule has 0 aliphatic carbocycles. The fraction of sp³-hybridized carbons (Fsp3) is 0.333. The molecule has 0 saturated carbocycles. The van der Waals surface area contributed by atoms with E-state index in [4.69, 9.17) is 9.47 Å².